The predicted octanol–water partition coefficient (Wildman–Crippen LogP) is 2.73. The van der Waals surface area contributed by atoms with E-state index in [1.54, 1.807) is 0 Å². The lowest BCUT2D eigenvalue weighted by atomic mass is 9.70. The number of carbonyl (C=O) groups is 1. The molecular formula is C25H30N4O2. The second-order valence-electron chi connectivity index (χ2n) is 9.11. The normalized spacial score (nSPS) is 26.1. The van der Waals surface area contributed by atoms with Gasteiger partial charge < -0.3 is 20.1 Å². The van der Waals surface area contributed by atoms with Crippen LogP contribution < -0.4 is 5.73 Å². The molecule has 162 valence electrons. The topological polar surface area (TPSA) is 83.9 Å². The second kappa shape index (κ2) is 8.09. The Bertz CT molecular complexity index is 1020. The van der Waals surface area contributed by atoms with E-state index in [4.69, 9.17) is 10.7 Å². The molecule has 6 nitrogen and oxygen atoms in total. The van der Waals surface area contributed by atoms with E-state index in [1.165, 1.54) is 5.56 Å². The zero-order valence-electron chi connectivity index (χ0n) is 17.7. The number of carbonyl (C=O) groups excluding carboxylic acids is 1. The first-order valence-electron chi connectivity index (χ1n) is 11.3. The summed E-state index contributed by atoms with van der Waals surface area (Å²) in [5, 5.41) is 9.91. The van der Waals surface area contributed by atoms with Crippen molar-refractivity contribution in [2.24, 2.45) is 11.7 Å². The smallest absolute Gasteiger partial charge is 0.225 e. The third-order valence-corrected chi connectivity index (χ3v) is 7.32. The van der Waals surface area contributed by atoms with E-state index in [2.05, 4.69) is 34.9 Å². The van der Waals surface area contributed by atoms with E-state index >= 15 is 0 Å². The number of nitrogens with zero attached hydrogens (tertiary/aromatic N) is 3. The van der Waals surface area contributed by atoms with E-state index in [1.807, 2.05) is 35.4 Å². The van der Waals surface area contributed by atoms with Gasteiger partial charge in [-0.15, -0.1) is 0 Å². The highest BCUT2D eigenvalue weighted by atomic mass is 16.3. The van der Waals surface area contributed by atoms with Gasteiger partial charge >= 0.3 is 0 Å². The molecule has 1 saturated carbocycles. The zero-order chi connectivity index (χ0) is 21.4. The monoisotopic (exact) mass is 418 g/mol. The number of rotatable bonds is 3. The number of aliphatic hydroxyl groups is 1. The van der Waals surface area contributed by atoms with Crippen LogP contribution in [0, 0.1) is 5.92 Å². The SMILES string of the molecule is N[C@@H]1C[C@@H](C(=O)N2CCC(c3ccccc3)(c3cn4ccccc4n3)CC2)CC[C@H]1O. The van der Waals surface area contributed by atoms with E-state index in [9.17, 15) is 9.90 Å². The molecule has 3 atom stereocenters. The van der Waals surface area contributed by atoms with Crippen molar-refractivity contribution in [1.82, 2.24) is 14.3 Å². The van der Waals surface area contributed by atoms with Gasteiger partial charge in [-0.25, -0.2) is 4.98 Å². The van der Waals surface area contributed by atoms with Gasteiger partial charge in [0.1, 0.15) is 5.65 Å². The highest BCUT2D eigenvalue weighted by Crippen LogP contribution is 2.42. The first-order valence-corrected chi connectivity index (χ1v) is 11.3. The molecule has 0 radical (unpaired) electrons. The quantitative estimate of drug-likeness (QED) is 0.685. The molecule has 0 spiro atoms. The van der Waals surface area contributed by atoms with Crippen LogP contribution in [0.2, 0.25) is 0 Å². The number of amides is 1. The lowest BCUT2D eigenvalue weighted by molar-refractivity contribution is -0.139. The summed E-state index contributed by atoms with van der Waals surface area (Å²) in [5.41, 5.74) is 9.10. The molecular weight excluding hydrogens is 388 g/mol. The van der Waals surface area contributed by atoms with E-state index in [-0.39, 0.29) is 23.3 Å². The summed E-state index contributed by atoms with van der Waals surface area (Å²) in [6.45, 7) is 1.41. The van der Waals surface area contributed by atoms with Gasteiger partial charge in [-0.1, -0.05) is 36.4 Å². The highest BCUT2D eigenvalue weighted by Gasteiger charge is 2.42. The minimum absolute atomic E-state index is 0.0715. The van der Waals surface area contributed by atoms with E-state index < -0.39 is 6.10 Å². The van der Waals surface area contributed by atoms with Gasteiger partial charge in [0.2, 0.25) is 5.91 Å². The Morgan fingerprint density at radius 1 is 1.06 bits per heavy atom. The molecule has 0 unspecified atom stereocenters. The summed E-state index contributed by atoms with van der Waals surface area (Å²) in [6.07, 6.45) is 7.28. The Kier molecular flexibility index (Phi) is 5.28. The van der Waals surface area contributed by atoms with Crippen LogP contribution in [-0.4, -0.2) is 50.5 Å². The summed E-state index contributed by atoms with van der Waals surface area (Å²) in [4.78, 5) is 20.2. The van der Waals surface area contributed by atoms with Crippen LogP contribution in [0.15, 0.2) is 60.9 Å². The molecule has 1 aromatic carbocycles. The summed E-state index contributed by atoms with van der Waals surface area (Å²) >= 11 is 0. The molecule has 2 fully saturated rings. The number of aliphatic hydroxyl groups excluding tert-OH is 1. The van der Waals surface area contributed by atoms with Crippen molar-refractivity contribution in [3.8, 4) is 0 Å². The molecule has 6 heteroatoms. The Balaban J connectivity index is 1.41. The van der Waals surface area contributed by atoms with E-state index in [0.717, 1.165) is 30.6 Å². The lowest BCUT2D eigenvalue weighted by Crippen LogP contribution is -2.50. The minimum atomic E-state index is -0.480. The third-order valence-electron chi connectivity index (χ3n) is 7.32. The number of imidazole rings is 1. The largest absolute Gasteiger partial charge is 0.392 e. The standard InChI is InChI=1S/C25H30N4O2/c26-20-16-18(9-10-21(20)30)24(31)28-14-11-25(12-15-28,19-6-2-1-3-7-19)22-17-29-13-5-4-8-23(29)27-22/h1-8,13,17-18,20-21,30H,9-12,14-16,26H2/t18-,20+,21+/m0/s1. The van der Waals surface area contributed by atoms with Crippen LogP contribution in [0.5, 0.6) is 0 Å². The van der Waals surface area contributed by atoms with Gasteiger partial charge in [-0.3, -0.25) is 4.79 Å². The fraction of sp³-hybridized carbons (Fsp3) is 0.440. The number of benzene rings is 1. The van der Waals surface area contributed by atoms with Crippen LogP contribution in [0.3, 0.4) is 0 Å². The lowest BCUT2D eigenvalue weighted by Gasteiger charge is -2.43. The summed E-state index contributed by atoms with van der Waals surface area (Å²) in [6, 6.07) is 16.3. The number of aromatic nitrogens is 2. The average Bonchev–Trinajstić information content (AvgIpc) is 3.26. The molecule has 0 bridgehead atoms. The average molecular weight is 419 g/mol. The van der Waals surface area contributed by atoms with Gasteiger partial charge in [0, 0.05) is 42.9 Å². The van der Waals surface area contributed by atoms with Crippen molar-refractivity contribution in [1.29, 1.82) is 0 Å². The minimum Gasteiger partial charge on any atom is -0.392 e. The van der Waals surface area contributed by atoms with Gasteiger partial charge in [-0.2, -0.15) is 0 Å². The molecule has 3 heterocycles. The molecule has 1 amide bonds. The number of fused-ring (bicyclic) bond motifs is 1. The molecule has 1 aliphatic carbocycles. The fourth-order valence-electron chi connectivity index (χ4n) is 5.40. The predicted molar refractivity (Wildman–Crippen MR) is 120 cm³/mol. The molecule has 1 saturated heterocycles. The van der Waals surface area contributed by atoms with Crippen molar-refractivity contribution in [2.75, 3.05) is 13.1 Å². The van der Waals surface area contributed by atoms with Crippen LogP contribution in [-0.2, 0) is 10.2 Å². The second-order valence-corrected chi connectivity index (χ2v) is 9.11. The van der Waals surface area contributed by atoms with Crippen LogP contribution in [0.25, 0.3) is 5.65 Å². The van der Waals surface area contributed by atoms with Gasteiger partial charge in [-0.05, 0) is 49.8 Å². The van der Waals surface area contributed by atoms with Crippen LogP contribution in [0.1, 0.15) is 43.4 Å². The molecule has 3 N–H and O–H groups in total. The van der Waals surface area contributed by atoms with Crippen molar-refractivity contribution in [3.05, 3.63) is 72.2 Å². The molecule has 2 aromatic heterocycles. The Labute approximate surface area is 182 Å². The van der Waals surface area contributed by atoms with Gasteiger partial charge in [0.05, 0.1) is 11.8 Å². The number of hydrogen-bond acceptors (Lipinski definition) is 4. The fourth-order valence-corrected chi connectivity index (χ4v) is 5.40. The van der Waals surface area contributed by atoms with Crippen molar-refractivity contribution in [3.63, 3.8) is 0 Å². The number of hydrogen-bond donors (Lipinski definition) is 2. The first-order chi connectivity index (χ1) is 15.1. The maximum Gasteiger partial charge on any atom is 0.225 e. The highest BCUT2D eigenvalue weighted by molar-refractivity contribution is 5.79. The number of piperidine rings is 1. The Morgan fingerprint density at radius 3 is 2.52 bits per heavy atom. The van der Waals surface area contributed by atoms with Gasteiger partial charge in [0.15, 0.2) is 0 Å². The molecule has 1 aliphatic heterocycles. The number of nitrogens with two attached hydrogens (primary N) is 1. The maximum atomic E-state index is 13.2. The number of likely N-dealkylation sites (tertiary alicyclic amines) is 1. The number of pyridine rings is 1. The molecule has 2 aliphatic rings. The Hall–Kier alpha value is -2.70. The van der Waals surface area contributed by atoms with Crippen molar-refractivity contribution < 1.29 is 9.90 Å². The zero-order valence-corrected chi connectivity index (χ0v) is 17.7. The third kappa shape index (κ3) is 3.64. The molecule has 5 rings (SSSR count). The first kappa shape index (κ1) is 20.2. The van der Waals surface area contributed by atoms with Crippen LogP contribution in [0.4, 0.5) is 0 Å². The molecule has 31 heavy (non-hydrogen) atoms. The summed E-state index contributed by atoms with van der Waals surface area (Å²) < 4.78 is 2.08. The summed E-state index contributed by atoms with van der Waals surface area (Å²) in [5.74, 6) is 0.122. The van der Waals surface area contributed by atoms with E-state index in [0.29, 0.717) is 25.9 Å². The summed E-state index contributed by atoms with van der Waals surface area (Å²) in [7, 11) is 0. The van der Waals surface area contributed by atoms with Crippen LogP contribution >= 0.6 is 0 Å². The van der Waals surface area contributed by atoms with Crippen molar-refractivity contribution >= 4 is 11.6 Å². The maximum absolute atomic E-state index is 13.2. The molecule has 3 aromatic rings. The Morgan fingerprint density at radius 2 is 1.81 bits per heavy atom. The van der Waals surface area contributed by atoms with Crippen molar-refractivity contribution in [2.45, 2.75) is 49.7 Å². The van der Waals surface area contributed by atoms with Gasteiger partial charge in [0.25, 0.3) is 0 Å².